The van der Waals surface area contributed by atoms with E-state index in [0.29, 0.717) is 5.75 Å². The van der Waals surface area contributed by atoms with Crippen LogP contribution in [-0.4, -0.2) is 14.2 Å². The van der Waals surface area contributed by atoms with Crippen molar-refractivity contribution in [2.75, 3.05) is 5.75 Å². The van der Waals surface area contributed by atoms with E-state index in [4.69, 9.17) is 0 Å². The second-order valence-electron chi connectivity index (χ2n) is 3.36. The first-order valence-corrected chi connectivity index (χ1v) is 6.46. The highest BCUT2D eigenvalue weighted by molar-refractivity contribution is 7.72. The Labute approximate surface area is 92.6 Å². The fourth-order valence-corrected chi connectivity index (χ4v) is 1.73. The van der Waals surface area contributed by atoms with Gasteiger partial charge in [-0.05, 0) is 24.8 Å². The van der Waals surface area contributed by atoms with E-state index in [-0.39, 0.29) is 0 Å². The zero-order valence-corrected chi connectivity index (χ0v) is 9.53. The molecular formula is C12H16O2S. The van der Waals surface area contributed by atoms with Crippen LogP contribution in [0.25, 0.3) is 0 Å². The molecule has 0 aliphatic heterocycles. The Morgan fingerprint density at radius 1 is 1.07 bits per heavy atom. The molecule has 0 unspecified atom stereocenters. The maximum Gasteiger partial charge on any atom is 0.140 e. The first-order chi connectivity index (χ1) is 7.29. The molecule has 1 aromatic rings. The van der Waals surface area contributed by atoms with Crippen molar-refractivity contribution < 1.29 is 8.42 Å². The highest BCUT2D eigenvalue weighted by atomic mass is 32.2. The number of benzene rings is 1. The highest BCUT2D eigenvalue weighted by Crippen LogP contribution is 2.01. The van der Waals surface area contributed by atoms with Gasteiger partial charge in [0.2, 0.25) is 0 Å². The molecule has 82 valence electrons. The third kappa shape index (κ3) is 6.07. The Morgan fingerprint density at radius 2 is 1.80 bits per heavy atom. The van der Waals surface area contributed by atoms with E-state index in [1.807, 2.05) is 24.3 Å². The summed E-state index contributed by atoms with van der Waals surface area (Å²) in [6, 6.07) is 10.2. The normalized spacial score (nSPS) is 11.3. The minimum absolute atomic E-state index is 0.297. The predicted octanol–water partition coefficient (Wildman–Crippen LogP) is 2.18. The molecule has 0 aromatic heterocycles. The largest absolute Gasteiger partial charge is 0.232 e. The highest BCUT2D eigenvalue weighted by Gasteiger charge is 1.87. The van der Waals surface area contributed by atoms with Gasteiger partial charge in [0.25, 0.3) is 0 Å². The molecule has 0 saturated heterocycles. The van der Waals surface area contributed by atoms with Crippen molar-refractivity contribution in [3.8, 4) is 0 Å². The van der Waals surface area contributed by atoms with Gasteiger partial charge in [0.05, 0.1) is 0 Å². The van der Waals surface area contributed by atoms with Gasteiger partial charge in [-0.25, -0.2) is 8.42 Å². The summed E-state index contributed by atoms with van der Waals surface area (Å²) in [7, 11) is -2.20. The summed E-state index contributed by atoms with van der Waals surface area (Å²) in [5.41, 5.74) is 1.28. The Balaban J connectivity index is 2.17. The van der Waals surface area contributed by atoms with Gasteiger partial charge < -0.3 is 0 Å². The van der Waals surface area contributed by atoms with E-state index in [2.05, 4.69) is 18.2 Å². The van der Waals surface area contributed by atoms with Gasteiger partial charge in [-0.1, -0.05) is 42.5 Å². The molecule has 0 aliphatic carbocycles. The fourth-order valence-electron chi connectivity index (χ4n) is 1.29. The molecule has 0 heterocycles. The van der Waals surface area contributed by atoms with Crippen LogP contribution in [0.1, 0.15) is 18.4 Å². The maximum absolute atomic E-state index is 10.3. The summed E-state index contributed by atoms with van der Waals surface area (Å²) < 4.78 is 20.5. The zero-order valence-electron chi connectivity index (χ0n) is 8.63. The summed E-state index contributed by atoms with van der Waals surface area (Å²) in [4.78, 5) is 0. The van der Waals surface area contributed by atoms with E-state index in [9.17, 15) is 8.42 Å². The van der Waals surface area contributed by atoms with E-state index < -0.39 is 10.7 Å². The van der Waals surface area contributed by atoms with Crippen molar-refractivity contribution >= 4 is 10.7 Å². The summed E-state index contributed by atoms with van der Waals surface area (Å²) in [6.45, 7) is 0. The van der Waals surface area contributed by atoms with Crippen LogP contribution in [0.15, 0.2) is 42.5 Å². The molecular weight excluding hydrogens is 208 g/mol. The number of rotatable bonds is 6. The minimum atomic E-state index is -2.20. The average molecular weight is 224 g/mol. The topological polar surface area (TPSA) is 34.1 Å². The van der Waals surface area contributed by atoms with Gasteiger partial charge in [0, 0.05) is 5.75 Å². The van der Waals surface area contributed by atoms with E-state index >= 15 is 0 Å². The molecule has 0 saturated carbocycles. The van der Waals surface area contributed by atoms with Crippen molar-refractivity contribution in [2.24, 2.45) is 0 Å². The molecule has 0 spiro atoms. The molecule has 0 atom stereocenters. The van der Waals surface area contributed by atoms with Gasteiger partial charge >= 0.3 is 0 Å². The SMILES string of the molecule is O=[SH](=O)CCCC=CCc1ccccc1. The second-order valence-corrected chi connectivity index (χ2v) is 4.47. The van der Waals surface area contributed by atoms with Crippen LogP contribution in [0, 0.1) is 0 Å². The summed E-state index contributed by atoms with van der Waals surface area (Å²) >= 11 is 0. The lowest BCUT2D eigenvalue weighted by atomic mass is 10.1. The fraction of sp³-hybridized carbons (Fsp3) is 0.333. The number of hydrogen-bond donors (Lipinski definition) is 1. The van der Waals surface area contributed by atoms with Gasteiger partial charge in [0.15, 0.2) is 0 Å². The van der Waals surface area contributed by atoms with Crippen LogP contribution >= 0.6 is 0 Å². The first kappa shape index (κ1) is 12.0. The summed E-state index contributed by atoms with van der Waals surface area (Å²) in [5.74, 6) is 0.297. The molecule has 0 fully saturated rings. The standard InChI is InChI=1S/C12H16O2S/c13-15(14)11-7-2-1-4-8-12-9-5-3-6-10-12/h1,3-6,9-10,15H,2,7-8,11H2. The predicted molar refractivity (Wildman–Crippen MR) is 63.7 cm³/mol. The lowest BCUT2D eigenvalue weighted by Gasteiger charge is -1.94. The smallest absolute Gasteiger partial charge is 0.140 e. The van der Waals surface area contributed by atoms with Crippen molar-refractivity contribution in [1.29, 1.82) is 0 Å². The Morgan fingerprint density at radius 3 is 2.47 bits per heavy atom. The number of allylic oxidation sites excluding steroid dienone is 2. The second kappa shape index (κ2) is 7.23. The maximum atomic E-state index is 10.3. The molecule has 0 bridgehead atoms. The van der Waals surface area contributed by atoms with Crippen LogP contribution < -0.4 is 0 Å². The molecule has 3 heteroatoms. The lowest BCUT2D eigenvalue weighted by molar-refractivity contribution is 0.612. The third-order valence-corrected chi connectivity index (χ3v) is 2.76. The molecule has 15 heavy (non-hydrogen) atoms. The average Bonchev–Trinajstić information content (AvgIpc) is 2.24. The molecule has 0 N–H and O–H groups in total. The van der Waals surface area contributed by atoms with Crippen LogP contribution in [0.2, 0.25) is 0 Å². The Bertz CT molecular complexity index is 358. The van der Waals surface area contributed by atoms with Crippen molar-refractivity contribution in [1.82, 2.24) is 0 Å². The van der Waals surface area contributed by atoms with E-state index in [0.717, 1.165) is 19.3 Å². The van der Waals surface area contributed by atoms with Gasteiger partial charge in [-0.3, -0.25) is 0 Å². The molecule has 2 nitrogen and oxygen atoms in total. The van der Waals surface area contributed by atoms with E-state index in [1.54, 1.807) is 0 Å². The Kier molecular flexibility index (Phi) is 5.78. The monoisotopic (exact) mass is 224 g/mol. The molecule has 1 aromatic carbocycles. The van der Waals surface area contributed by atoms with Crippen LogP contribution in [-0.2, 0) is 17.1 Å². The van der Waals surface area contributed by atoms with Crippen molar-refractivity contribution in [3.05, 3.63) is 48.0 Å². The number of unbranched alkanes of at least 4 members (excludes halogenated alkanes) is 1. The van der Waals surface area contributed by atoms with Gasteiger partial charge in [0.1, 0.15) is 10.7 Å². The quantitative estimate of drug-likeness (QED) is 0.456. The van der Waals surface area contributed by atoms with Crippen molar-refractivity contribution in [2.45, 2.75) is 19.3 Å². The van der Waals surface area contributed by atoms with Gasteiger partial charge in [-0.15, -0.1) is 0 Å². The number of hydrogen-bond acceptors (Lipinski definition) is 2. The summed E-state index contributed by atoms with van der Waals surface area (Å²) in [6.07, 6.45) is 6.63. The van der Waals surface area contributed by atoms with Crippen molar-refractivity contribution in [3.63, 3.8) is 0 Å². The molecule has 0 radical (unpaired) electrons. The first-order valence-electron chi connectivity index (χ1n) is 5.10. The summed E-state index contributed by atoms with van der Waals surface area (Å²) in [5, 5.41) is 0. The van der Waals surface area contributed by atoms with Crippen LogP contribution in [0.5, 0.6) is 0 Å². The molecule has 1 rings (SSSR count). The van der Waals surface area contributed by atoms with Gasteiger partial charge in [-0.2, -0.15) is 0 Å². The number of thiol groups is 1. The van der Waals surface area contributed by atoms with E-state index in [1.165, 1.54) is 5.56 Å². The van der Waals surface area contributed by atoms with Crippen LogP contribution in [0.4, 0.5) is 0 Å². The van der Waals surface area contributed by atoms with Crippen LogP contribution in [0.3, 0.4) is 0 Å². The minimum Gasteiger partial charge on any atom is -0.232 e. The lowest BCUT2D eigenvalue weighted by Crippen LogP contribution is -1.85. The molecule has 0 aliphatic rings. The Hall–Kier alpha value is -1.09. The molecule has 0 amide bonds. The zero-order chi connectivity index (χ0) is 10.9. The third-order valence-electron chi connectivity index (χ3n) is 2.07.